The van der Waals surface area contributed by atoms with Gasteiger partial charge in [0, 0.05) is 5.69 Å². The van der Waals surface area contributed by atoms with E-state index in [-0.39, 0.29) is 17.2 Å². The zero-order valence-corrected chi connectivity index (χ0v) is 12.1. The number of amides is 1. The van der Waals surface area contributed by atoms with Crippen LogP contribution in [-0.2, 0) is 0 Å². The van der Waals surface area contributed by atoms with Crippen LogP contribution in [0.1, 0.15) is 28.4 Å². The van der Waals surface area contributed by atoms with Gasteiger partial charge >= 0.3 is 6.36 Å². The lowest BCUT2D eigenvalue weighted by Gasteiger charge is -2.10. The van der Waals surface area contributed by atoms with Gasteiger partial charge in [0.05, 0.1) is 0 Å². The average Bonchev–Trinajstić information content (AvgIpc) is 2.47. The Morgan fingerprint density at radius 3 is 2.33 bits per heavy atom. The molecular formula is C14H10F5N3O2. The molecule has 0 bridgehead atoms. The Bertz CT molecular complexity index is 732. The Balaban J connectivity index is 2.12. The van der Waals surface area contributed by atoms with Crippen LogP contribution >= 0.6 is 0 Å². The fraction of sp³-hybridized carbons (Fsp3) is 0.214. The molecule has 0 saturated carbocycles. The third kappa shape index (κ3) is 4.86. The molecule has 0 aliphatic heterocycles. The van der Waals surface area contributed by atoms with E-state index < -0.39 is 30.1 Å². The standard InChI is InChI=1S/C14H10F5N3O2/c1-7-20-10(12(15)16)6-11(21-7)13(23)22-8-2-4-9(5-3-8)24-14(17,18)19/h2-6,12H,1H3,(H,22,23). The molecule has 1 aromatic carbocycles. The van der Waals surface area contributed by atoms with Crippen molar-refractivity contribution in [3.8, 4) is 5.75 Å². The lowest BCUT2D eigenvalue weighted by atomic mass is 10.2. The van der Waals surface area contributed by atoms with Crippen LogP contribution in [-0.4, -0.2) is 22.2 Å². The number of anilines is 1. The van der Waals surface area contributed by atoms with E-state index >= 15 is 0 Å². The van der Waals surface area contributed by atoms with Crippen LogP contribution in [0.5, 0.6) is 5.75 Å². The summed E-state index contributed by atoms with van der Waals surface area (Å²) < 4.78 is 65.2. The van der Waals surface area contributed by atoms with Gasteiger partial charge in [0.15, 0.2) is 0 Å². The molecule has 0 fully saturated rings. The minimum Gasteiger partial charge on any atom is -0.406 e. The van der Waals surface area contributed by atoms with Gasteiger partial charge < -0.3 is 10.1 Å². The number of nitrogens with one attached hydrogen (secondary N) is 1. The Morgan fingerprint density at radius 2 is 1.79 bits per heavy atom. The lowest BCUT2D eigenvalue weighted by molar-refractivity contribution is -0.274. The molecule has 0 atom stereocenters. The van der Waals surface area contributed by atoms with Crippen molar-refractivity contribution in [2.24, 2.45) is 0 Å². The molecule has 0 aliphatic carbocycles. The summed E-state index contributed by atoms with van der Waals surface area (Å²) in [4.78, 5) is 19.2. The molecule has 24 heavy (non-hydrogen) atoms. The third-order valence-electron chi connectivity index (χ3n) is 2.66. The molecule has 5 nitrogen and oxygen atoms in total. The summed E-state index contributed by atoms with van der Waals surface area (Å²) in [7, 11) is 0. The number of rotatable bonds is 4. The number of carbonyl (C=O) groups is 1. The molecule has 0 saturated heterocycles. The predicted octanol–water partition coefficient (Wildman–Crippen LogP) is 3.87. The van der Waals surface area contributed by atoms with E-state index in [1.54, 1.807) is 0 Å². The van der Waals surface area contributed by atoms with Gasteiger partial charge in [0.25, 0.3) is 12.3 Å². The van der Waals surface area contributed by atoms with Gasteiger partial charge in [-0.2, -0.15) is 0 Å². The number of ether oxygens (including phenoxy) is 1. The SMILES string of the molecule is Cc1nc(C(=O)Nc2ccc(OC(F)(F)F)cc2)cc(C(F)F)n1. The normalized spacial score (nSPS) is 11.5. The van der Waals surface area contributed by atoms with Crippen LogP contribution in [0.4, 0.5) is 27.6 Å². The summed E-state index contributed by atoms with van der Waals surface area (Å²) in [5, 5.41) is 2.33. The van der Waals surface area contributed by atoms with Gasteiger partial charge in [0.1, 0.15) is 23.0 Å². The van der Waals surface area contributed by atoms with E-state index in [1.807, 2.05) is 0 Å². The van der Waals surface area contributed by atoms with E-state index in [0.29, 0.717) is 0 Å². The minimum atomic E-state index is -4.82. The highest BCUT2D eigenvalue weighted by Crippen LogP contribution is 2.24. The van der Waals surface area contributed by atoms with E-state index in [0.717, 1.165) is 18.2 Å². The second-order valence-electron chi connectivity index (χ2n) is 4.55. The lowest BCUT2D eigenvalue weighted by Crippen LogP contribution is -2.17. The zero-order valence-electron chi connectivity index (χ0n) is 12.1. The maximum atomic E-state index is 12.7. The Hall–Kier alpha value is -2.78. The van der Waals surface area contributed by atoms with E-state index in [1.165, 1.54) is 19.1 Å². The van der Waals surface area contributed by atoms with Crippen LogP contribution in [0.15, 0.2) is 30.3 Å². The Labute approximate surface area is 132 Å². The molecule has 10 heteroatoms. The largest absolute Gasteiger partial charge is 0.573 e. The Kier molecular flexibility index (Phi) is 4.96. The number of carbonyl (C=O) groups excluding carboxylic acids is 1. The fourth-order valence-electron chi connectivity index (χ4n) is 1.75. The summed E-state index contributed by atoms with van der Waals surface area (Å²) in [5.41, 5.74) is -0.737. The second-order valence-corrected chi connectivity index (χ2v) is 4.55. The second kappa shape index (κ2) is 6.77. The van der Waals surface area contributed by atoms with Gasteiger partial charge in [0.2, 0.25) is 0 Å². The number of aryl methyl sites for hydroxylation is 1. The molecule has 1 aromatic heterocycles. The average molecular weight is 347 g/mol. The van der Waals surface area contributed by atoms with E-state index in [2.05, 4.69) is 20.0 Å². The van der Waals surface area contributed by atoms with Crippen LogP contribution in [0.25, 0.3) is 0 Å². The summed E-state index contributed by atoms with van der Waals surface area (Å²) in [6.45, 7) is 1.35. The maximum absolute atomic E-state index is 12.7. The van der Waals surface area contributed by atoms with E-state index in [4.69, 9.17) is 0 Å². The molecule has 2 aromatic rings. The van der Waals surface area contributed by atoms with Crippen molar-refractivity contribution in [1.29, 1.82) is 0 Å². The molecule has 1 heterocycles. The number of hydrogen-bond acceptors (Lipinski definition) is 4. The fourth-order valence-corrected chi connectivity index (χ4v) is 1.75. The topological polar surface area (TPSA) is 64.1 Å². The number of alkyl halides is 5. The van der Waals surface area contributed by atoms with Crippen LogP contribution in [0.2, 0.25) is 0 Å². The number of benzene rings is 1. The first-order valence-electron chi connectivity index (χ1n) is 6.45. The first kappa shape index (κ1) is 17.6. The highest BCUT2D eigenvalue weighted by atomic mass is 19.4. The highest BCUT2D eigenvalue weighted by molar-refractivity contribution is 6.02. The molecule has 0 spiro atoms. The first-order chi connectivity index (χ1) is 11.1. The molecule has 1 N–H and O–H groups in total. The number of hydrogen-bond donors (Lipinski definition) is 1. The smallest absolute Gasteiger partial charge is 0.406 e. The van der Waals surface area contributed by atoms with Gasteiger partial charge in [-0.1, -0.05) is 0 Å². The van der Waals surface area contributed by atoms with Crippen molar-refractivity contribution >= 4 is 11.6 Å². The molecule has 0 aliphatic rings. The molecule has 0 unspecified atom stereocenters. The number of aromatic nitrogens is 2. The Morgan fingerprint density at radius 1 is 1.17 bits per heavy atom. The number of nitrogens with zero attached hydrogens (tertiary/aromatic N) is 2. The van der Waals surface area contributed by atoms with Crippen molar-refractivity contribution in [3.05, 3.63) is 47.5 Å². The van der Waals surface area contributed by atoms with Gasteiger partial charge in [-0.15, -0.1) is 13.2 Å². The number of halogens is 5. The van der Waals surface area contributed by atoms with Crippen LogP contribution < -0.4 is 10.1 Å². The summed E-state index contributed by atoms with van der Waals surface area (Å²) in [5.74, 6) is -1.27. The van der Waals surface area contributed by atoms with E-state index in [9.17, 15) is 26.7 Å². The molecule has 0 radical (unpaired) electrons. The van der Waals surface area contributed by atoms with Gasteiger partial charge in [-0.25, -0.2) is 18.7 Å². The highest BCUT2D eigenvalue weighted by Gasteiger charge is 2.31. The van der Waals surface area contributed by atoms with Gasteiger partial charge in [-0.3, -0.25) is 4.79 Å². The third-order valence-corrected chi connectivity index (χ3v) is 2.66. The maximum Gasteiger partial charge on any atom is 0.573 e. The van der Waals surface area contributed by atoms with Crippen molar-refractivity contribution in [2.45, 2.75) is 19.7 Å². The molecule has 128 valence electrons. The molecule has 1 amide bonds. The summed E-state index contributed by atoms with van der Waals surface area (Å²) >= 11 is 0. The van der Waals surface area contributed by atoms with Crippen molar-refractivity contribution in [2.75, 3.05) is 5.32 Å². The predicted molar refractivity (Wildman–Crippen MR) is 72.8 cm³/mol. The van der Waals surface area contributed by atoms with Crippen molar-refractivity contribution in [3.63, 3.8) is 0 Å². The van der Waals surface area contributed by atoms with Crippen LogP contribution in [0, 0.1) is 6.92 Å². The molecular weight excluding hydrogens is 337 g/mol. The summed E-state index contributed by atoms with van der Waals surface area (Å²) in [6, 6.07) is 5.17. The van der Waals surface area contributed by atoms with Gasteiger partial charge in [-0.05, 0) is 37.3 Å². The molecule has 2 rings (SSSR count). The first-order valence-corrected chi connectivity index (χ1v) is 6.45. The quantitative estimate of drug-likeness (QED) is 0.853. The monoisotopic (exact) mass is 347 g/mol. The zero-order chi connectivity index (χ0) is 17.9. The van der Waals surface area contributed by atoms with Crippen molar-refractivity contribution < 1.29 is 31.5 Å². The minimum absolute atomic E-state index is 0.00752. The summed E-state index contributed by atoms with van der Waals surface area (Å²) in [6.07, 6.45) is -7.69. The van der Waals surface area contributed by atoms with Crippen molar-refractivity contribution in [1.82, 2.24) is 9.97 Å². The van der Waals surface area contributed by atoms with Crippen LogP contribution in [0.3, 0.4) is 0 Å².